The molecule has 0 radical (unpaired) electrons. The van der Waals surface area contributed by atoms with Crippen molar-refractivity contribution in [3.8, 4) is 29.0 Å². The van der Waals surface area contributed by atoms with Gasteiger partial charge in [-0.2, -0.15) is 4.98 Å². The van der Waals surface area contributed by atoms with Crippen LogP contribution in [0.1, 0.15) is 55.6 Å². The van der Waals surface area contributed by atoms with E-state index in [1.54, 1.807) is 37.3 Å². The average Bonchev–Trinajstić information content (AvgIpc) is 3.39. The van der Waals surface area contributed by atoms with Crippen molar-refractivity contribution in [3.05, 3.63) is 66.3 Å². The third kappa shape index (κ3) is 8.59. The van der Waals surface area contributed by atoms with Crippen molar-refractivity contribution in [1.82, 2.24) is 30.7 Å². The summed E-state index contributed by atoms with van der Waals surface area (Å²) in [5.41, 5.74) is 0.566. The zero-order chi connectivity index (χ0) is 28.2. The summed E-state index contributed by atoms with van der Waals surface area (Å²) in [6, 6.07) is 4.84. The third-order valence-electron chi connectivity index (χ3n) is 4.72. The fraction of sp³-hybridized carbons (Fsp3) is 0.296. The maximum Gasteiger partial charge on any atom is 0.292 e. The molecule has 2 heterocycles. The van der Waals surface area contributed by atoms with Crippen LogP contribution in [0.4, 0.5) is 0 Å². The van der Waals surface area contributed by atoms with Gasteiger partial charge in [-0.15, -0.1) is 0 Å². The SMILES string of the molecule is C/C=C\C(=NC/C=C/C)NC(=O)c1cc(Oc2cnc(-c3nc(C(=O)NCC)no3)cn2)cc(OC(C)C)c1. The van der Waals surface area contributed by atoms with Gasteiger partial charge in [0.25, 0.3) is 23.5 Å². The highest BCUT2D eigenvalue weighted by Crippen LogP contribution is 2.28. The zero-order valence-corrected chi connectivity index (χ0v) is 22.5. The van der Waals surface area contributed by atoms with Crippen LogP contribution in [0.2, 0.25) is 0 Å². The smallest absolute Gasteiger partial charge is 0.292 e. The van der Waals surface area contributed by atoms with Crippen molar-refractivity contribution in [3.63, 3.8) is 0 Å². The van der Waals surface area contributed by atoms with Gasteiger partial charge in [-0.25, -0.2) is 9.97 Å². The molecule has 0 aliphatic rings. The van der Waals surface area contributed by atoms with E-state index >= 15 is 0 Å². The van der Waals surface area contributed by atoms with Gasteiger partial charge in [-0.05, 0) is 52.8 Å². The number of carbonyl (C=O) groups is 2. The monoisotopic (exact) mass is 533 g/mol. The van der Waals surface area contributed by atoms with Gasteiger partial charge in [0.05, 0.1) is 25.0 Å². The highest BCUT2D eigenvalue weighted by Gasteiger charge is 2.17. The number of rotatable bonds is 11. The summed E-state index contributed by atoms with van der Waals surface area (Å²) >= 11 is 0. The molecule has 0 aliphatic heterocycles. The Balaban J connectivity index is 1.81. The fourth-order valence-electron chi connectivity index (χ4n) is 3.10. The van der Waals surface area contributed by atoms with Gasteiger partial charge in [0, 0.05) is 18.2 Å². The zero-order valence-electron chi connectivity index (χ0n) is 22.5. The summed E-state index contributed by atoms with van der Waals surface area (Å²) in [5.74, 6) is 0.432. The molecule has 2 aromatic heterocycles. The van der Waals surface area contributed by atoms with Crippen LogP contribution in [-0.4, -0.2) is 57.0 Å². The minimum absolute atomic E-state index is 0.0367. The molecule has 2 amide bonds. The van der Waals surface area contributed by atoms with Gasteiger partial charge < -0.3 is 24.6 Å². The lowest BCUT2D eigenvalue weighted by Crippen LogP contribution is -2.29. The number of hydrogen-bond acceptors (Lipinski definition) is 10. The Bertz CT molecular complexity index is 1360. The number of nitrogens with zero attached hydrogens (tertiary/aromatic N) is 5. The third-order valence-corrected chi connectivity index (χ3v) is 4.72. The number of nitrogens with one attached hydrogen (secondary N) is 2. The van der Waals surface area contributed by atoms with Gasteiger partial charge >= 0.3 is 0 Å². The van der Waals surface area contributed by atoms with E-state index in [0.717, 1.165) is 0 Å². The molecule has 3 aromatic rings. The number of ether oxygens (including phenoxy) is 2. The van der Waals surface area contributed by atoms with E-state index in [1.807, 2.05) is 39.8 Å². The van der Waals surface area contributed by atoms with Crippen molar-refractivity contribution in [1.29, 1.82) is 0 Å². The van der Waals surface area contributed by atoms with Crippen molar-refractivity contribution in [2.75, 3.05) is 13.1 Å². The van der Waals surface area contributed by atoms with Crippen LogP contribution < -0.4 is 20.1 Å². The van der Waals surface area contributed by atoms with E-state index < -0.39 is 5.91 Å². The van der Waals surface area contributed by atoms with Crippen molar-refractivity contribution in [2.24, 2.45) is 4.99 Å². The predicted molar refractivity (Wildman–Crippen MR) is 145 cm³/mol. The molecule has 0 aliphatic carbocycles. The first-order chi connectivity index (χ1) is 18.8. The lowest BCUT2D eigenvalue weighted by atomic mass is 10.2. The molecule has 12 heteroatoms. The Hall–Kier alpha value is -4.87. The van der Waals surface area contributed by atoms with Crippen LogP contribution >= 0.6 is 0 Å². The lowest BCUT2D eigenvalue weighted by Gasteiger charge is -2.14. The summed E-state index contributed by atoms with van der Waals surface area (Å²) in [6.45, 7) is 10.2. The number of amides is 2. The van der Waals surface area contributed by atoms with Crippen LogP contribution in [0, 0.1) is 0 Å². The summed E-state index contributed by atoms with van der Waals surface area (Å²) < 4.78 is 16.8. The molecule has 0 unspecified atom stereocenters. The Morgan fingerprint density at radius 2 is 1.87 bits per heavy atom. The Morgan fingerprint density at radius 3 is 2.54 bits per heavy atom. The van der Waals surface area contributed by atoms with Crippen LogP contribution in [0.3, 0.4) is 0 Å². The number of amidine groups is 1. The Morgan fingerprint density at radius 1 is 1.08 bits per heavy atom. The maximum absolute atomic E-state index is 13.1. The van der Waals surface area contributed by atoms with E-state index in [-0.39, 0.29) is 35.3 Å². The number of allylic oxidation sites excluding steroid dienone is 2. The van der Waals surface area contributed by atoms with Crippen LogP contribution in [0.25, 0.3) is 11.6 Å². The molecular weight excluding hydrogens is 502 g/mol. The fourth-order valence-corrected chi connectivity index (χ4v) is 3.10. The number of carbonyl (C=O) groups excluding carboxylic acids is 2. The number of aliphatic imine (C=N–C) groups is 1. The summed E-state index contributed by atoms with van der Waals surface area (Å²) in [7, 11) is 0. The molecule has 2 N–H and O–H groups in total. The molecule has 0 spiro atoms. The van der Waals surface area contributed by atoms with Crippen molar-refractivity contribution in [2.45, 2.75) is 40.7 Å². The van der Waals surface area contributed by atoms with Crippen molar-refractivity contribution < 1.29 is 23.6 Å². The molecular formula is C27H31N7O5. The molecule has 0 saturated carbocycles. The topological polar surface area (TPSA) is 154 Å². The Kier molecular flexibility index (Phi) is 10.4. The van der Waals surface area contributed by atoms with Gasteiger partial charge in [0.15, 0.2) is 0 Å². The average molecular weight is 534 g/mol. The van der Waals surface area contributed by atoms with Gasteiger partial charge in [-0.1, -0.05) is 23.4 Å². The largest absolute Gasteiger partial charge is 0.491 e. The normalized spacial score (nSPS) is 11.8. The minimum Gasteiger partial charge on any atom is -0.491 e. The first-order valence-corrected chi connectivity index (χ1v) is 12.4. The van der Waals surface area contributed by atoms with Crippen molar-refractivity contribution >= 4 is 17.6 Å². The maximum atomic E-state index is 13.1. The quantitative estimate of drug-likeness (QED) is 0.210. The molecule has 1 aromatic carbocycles. The summed E-state index contributed by atoms with van der Waals surface area (Å²) in [4.78, 5) is 41.8. The molecule has 3 rings (SSSR count). The molecule has 0 saturated heterocycles. The van der Waals surface area contributed by atoms with Crippen LogP contribution in [0.5, 0.6) is 17.4 Å². The molecule has 12 nitrogen and oxygen atoms in total. The van der Waals surface area contributed by atoms with E-state index in [2.05, 4.69) is 35.7 Å². The van der Waals surface area contributed by atoms with Crippen LogP contribution in [-0.2, 0) is 0 Å². The highest BCUT2D eigenvalue weighted by atomic mass is 16.5. The van der Waals surface area contributed by atoms with Crippen LogP contribution in [0.15, 0.2) is 64.4 Å². The van der Waals surface area contributed by atoms with E-state index in [4.69, 9.17) is 14.0 Å². The first kappa shape index (κ1) is 28.7. The lowest BCUT2D eigenvalue weighted by molar-refractivity contribution is 0.0940. The second-order valence-electron chi connectivity index (χ2n) is 8.23. The highest BCUT2D eigenvalue weighted by molar-refractivity contribution is 6.10. The molecule has 0 fully saturated rings. The summed E-state index contributed by atoms with van der Waals surface area (Å²) in [5, 5.41) is 9.04. The summed E-state index contributed by atoms with van der Waals surface area (Å²) in [6.07, 6.45) is 9.87. The van der Waals surface area contributed by atoms with Gasteiger partial charge in [0.2, 0.25) is 5.88 Å². The molecule has 204 valence electrons. The van der Waals surface area contributed by atoms with Gasteiger partial charge in [0.1, 0.15) is 23.0 Å². The van der Waals surface area contributed by atoms with E-state index in [1.165, 1.54) is 12.4 Å². The molecule has 0 bridgehead atoms. The van der Waals surface area contributed by atoms with E-state index in [0.29, 0.717) is 36.0 Å². The van der Waals surface area contributed by atoms with Gasteiger partial charge in [-0.3, -0.25) is 14.6 Å². The second kappa shape index (κ2) is 14.2. The first-order valence-electron chi connectivity index (χ1n) is 12.4. The molecule has 39 heavy (non-hydrogen) atoms. The molecule has 0 atom stereocenters. The minimum atomic E-state index is -0.453. The number of benzene rings is 1. The Labute approximate surface area is 226 Å². The van der Waals surface area contributed by atoms with E-state index in [9.17, 15) is 9.59 Å². The predicted octanol–water partition coefficient (Wildman–Crippen LogP) is 4.14. The standard InChI is InChI=1S/C27H31N7O5/c1-6-9-11-29-22(10-7-2)32-25(35)18-12-19(37-17(4)5)14-20(13-18)38-23-16-30-21(15-31-23)27-33-24(34-39-27)26(36)28-8-3/h6-7,9-10,12-17H,8,11H2,1-5H3,(H,28,36)(H,29,32,35)/b9-6+,10-7-. The second-order valence-corrected chi connectivity index (χ2v) is 8.23. The number of aromatic nitrogens is 4. The number of hydrogen-bond donors (Lipinski definition) is 2.